The van der Waals surface area contributed by atoms with Gasteiger partial charge in [-0.1, -0.05) is 12.1 Å². The summed E-state index contributed by atoms with van der Waals surface area (Å²) >= 11 is 0. The summed E-state index contributed by atoms with van der Waals surface area (Å²) in [4.78, 5) is 66.4. The van der Waals surface area contributed by atoms with Crippen molar-refractivity contribution in [3.8, 4) is 5.75 Å². The summed E-state index contributed by atoms with van der Waals surface area (Å²) in [5, 5.41) is 44.5. The second-order valence-corrected chi connectivity index (χ2v) is 9.37. The number of hydrogen-bond donors (Lipinski definition) is 5. The fourth-order valence-corrected chi connectivity index (χ4v) is 5.97. The Morgan fingerprint density at radius 2 is 1.67 bits per heavy atom. The molecule has 0 aromatic heterocycles. The number of carbonyl (C=O) groups excluding carboxylic acids is 5. The minimum Gasteiger partial charge on any atom is -0.507 e. The average Bonchev–Trinajstić information content (AvgIpc) is 2.70. The van der Waals surface area contributed by atoms with E-state index in [9.17, 15) is 44.4 Å². The highest BCUT2D eigenvalue weighted by molar-refractivity contribution is 6.32. The largest absolute Gasteiger partial charge is 0.507 e. The molecule has 6 N–H and O–H groups in total. The third kappa shape index (κ3) is 2.67. The summed E-state index contributed by atoms with van der Waals surface area (Å²) in [5.74, 6) is -14.2. The molecule has 3 aliphatic carbocycles. The van der Waals surface area contributed by atoms with E-state index in [0.29, 0.717) is 0 Å². The third-order valence-corrected chi connectivity index (χ3v) is 7.40. The quantitative estimate of drug-likeness (QED) is 0.294. The normalized spacial score (nSPS) is 40.3. The van der Waals surface area contributed by atoms with Gasteiger partial charge >= 0.3 is 0 Å². The van der Waals surface area contributed by atoms with Crippen molar-refractivity contribution in [3.05, 3.63) is 29.3 Å². The second-order valence-electron chi connectivity index (χ2n) is 9.37. The van der Waals surface area contributed by atoms with Crippen molar-refractivity contribution in [3.63, 3.8) is 0 Å². The number of nitrogens with zero attached hydrogens (tertiary/aromatic N) is 1. The van der Waals surface area contributed by atoms with Gasteiger partial charge in [-0.15, -0.1) is 0 Å². The number of phenolic OH excluding ortho intramolecular Hbond substituents is 1. The lowest BCUT2D eigenvalue weighted by molar-refractivity contribution is -0.210. The van der Waals surface area contributed by atoms with E-state index in [1.54, 1.807) is 0 Å². The molecule has 1 aromatic carbocycles. The molecule has 0 bridgehead atoms. The molecule has 0 spiro atoms. The molecule has 1 amide bonds. The molecule has 0 heterocycles. The molecular weight excluding hydrogens is 436 g/mol. The Morgan fingerprint density at radius 1 is 1.06 bits per heavy atom. The van der Waals surface area contributed by atoms with Crippen LogP contribution in [0.2, 0.25) is 0 Å². The molecule has 4 rings (SSSR count). The molecular formula is C22H24N2O9. The zero-order valence-corrected chi connectivity index (χ0v) is 18.1. The maximum Gasteiger partial charge on any atom is 0.235 e. The Balaban J connectivity index is 2.01. The summed E-state index contributed by atoms with van der Waals surface area (Å²) in [5.41, 5.74) is -0.350. The van der Waals surface area contributed by atoms with Gasteiger partial charge in [0.25, 0.3) is 0 Å². The maximum atomic E-state index is 13.7. The van der Waals surface area contributed by atoms with Crippen LogP contribution < -0.4 is 5.73 Å². The van der Waals surface area contributed by atoms with Crippen LogP contribution in [0.15, 0.2) is 18.2 Å². The highest BCUT2D eigenvalue weighted by Crippen LogP contribution is 2.55. The molecule has 11 nitrogen and oxygen atoms in total. The molecule has 0 radical (unpaired) electrons. The van der Waals surface area contributed by atoms with Crippen molar-refractivity contribution in [1.29, 1.82) is 0 Å². The monoisotopic (exact) mass is 460 g/mol. The maximum absolute atomic E-state index is 13.7. The zero-order valence-electron chi connectivity index (χ0n) is 18.1. The molecule has 0 saturated heterocycles. The van der Waals surface area contributed by atoms with E-state index in [1.165, 1.54) is 44.1 Å². The number of hydrogen-bond acceptors (Lipinski definition) is 10. The van der Waals surface area contributed by atoms with Crippen molar-refractivity contribution >= 4 is 29.0 Å². The van der Waals surface area contributed by atoms with Crippen molar-refractivity contribution in [2.45, 2.75) is 30.3 Å². The van der Waals surface area contributed by atoms with Gasteiger partial charge in [0.2, 0.25) is 5.91 Å². The first-order chi connectivity index (χ1) is 15.2. The van der Waals surface area contributed by atoms with Gasteiger partial charge in [0, 0.05) is 5.92 Å². The molecule has 0 aliphatic heterocycles. The number of aromatic hydroxyl groups is 1. The van der Waals surface area contributed by atoms with Gasteiger partial charge in [0.15, 0.2) is 34.7 Å². The number of benzene rings is 1. The van der Waals surface area contributed by atoms with Crippen LogP contribution in [0.3, 0.4) is 0 Å². The Bertz CT molecular complexity index is 1130. The van der Waals surface area contributed by atoms with Crippen LogP contribution in [0.25, 0.3) is 0 Å². The number of primary amides is 1. The van der Waals surface area contributed by atoms with E-state index in [2.05, 4.69) is 0 Å². The summed E-state index contributed by atoms with van der Waals surface area (Å²) in [6, 6.07) is 2.40. The van der Waals surface area contributed by atoms with Gasteiger partial charge in [-0.2, -0.15) is 0 Å². The number of aliphatic hydroxyl groups is 3. The molecule has 11 heteroatoms. The molecule has 2 saturated carbocycles. The molecule has 176 valence electrons. The van der Waals surface area contributed by atoms with E-state index in [-0.39, 0.29) is 11.1 Å². The number of fused-ring (bicyclic) bond motifs is 3. The van der Waals surface area contributed by atoms with Crippen LogP contribution in [-0.4, -0.2) is 86.2 Å². The topological polar surface area (TPSA) is 196 Å². The zero-order chi connectivity index (χ0) is 24.8. The van der Waals surface area contributed by atoms with Crippen LogP contribution >= 0.6 is 0 Å². The Kier molecular flexibility index (Phi) is 4.92. The minimum absolute atomic E-state index is 0.0454. The van der Waals surface area contributed by atoms with E-state index in [4.69, 9.17) is 5.73 Å². The fraction of sp³-hybridized carbons (Fsp3) is 0.500. The number of likely N-dealkylation sites (N-methyl/N-ethyl adjacent to an activating group) is 1. The van der Waals surface area contributed by atoms with E-state index < -0.39 is 81.8 Å². The molecule has 7 unspecified atom stereocenters. The number of phenols is 1. The first kappa shape index (κ1) is 23.2. The first-order valence-electron chi connectivity index (χ1n) is 10.3. The molecule has 33 heavy (non-hydrogen) atoms. The number of aliphatic hydroxyl groups excluding tert-OH is 1. The van der Waals surface area contributed by atoms with E-state index >= 15 is 0 Å². The van der Waals surface area contributed by atoms with Crippen LogP contribution in [0, 0.1) is 23.7 Å². The number of Topliss-reactive ketones (excluding diaryl/α,β-unsaturated/α-hetero) is 4. The Morgan fingerprint density at radius 3 is 2.21 bits per heavy atom. The van der Waals surface area contributed by atoms with Crippen LogP contribution in [0.4, 0.5) is 0 Å². The fourth-order valence-electron chi connectivity index (χ4n) is 5.97. The van der Waals surface area contributed by atoms with E-state index in [1.807, 2.05) is 0 Å². The molecule has 2 fully saturated rings. The van der Waals surface area contributed by atoms with Gasteiger partial charge in [-0.3, -0.25) is 28.9 Å². The van der Waals surface area contributed by atoms with Crippen molar-refractivity contribution < 1.29 is 44.4 Å². The summed E-state index contributed by atoms with van der Waals surface area (Å²) in [7, 11) is 2.77. The van der Waals surface area contributed by atoms with Gasteiger partial charge in [0.1, 0.15) is 5.75 Å². The van der Waals surface area contributed by atoms with Gasteiger partial charge in [-0.25, -0.2) is 0 Å². The van der Waals surface area contributed by atoms with Crippen LogP contribution in [-0.2, 0) is 24.8 Å². The molecule has 8 atom stereocenters. The second kappa shape index (κ2) is 7.00. The summed E-state index contributed by atoms with van der Waals surface area (Å²) in [6.45, 7) is 1.24. The van der Waals surface area contributed by atoms with Gasteiger partial charge in [-0.05, 0) is 32.6 Å². The minimum atomic E-state index is -3.10. The van der Waals surface area contributed by atoms with Gasteiger partial charge < -0.3 is 26.2 Å². The number of carbonyl (C=O) groups is 5. The lowest BCUT2D eigenvalue weighted by Gasteiger charge is -2.57. The summed E-state index contributed by atoms with van der Waals surface area (Å²) in [6.07, 6.45) is -1.90. The number of nitrogens with two attached hydrogens (primary N) is 1. The lowest BCUT2D eigenvalue weighted by atomic mass is 9.48. The smallest absolute Gasteiger partial charge is 0.235 e. The average molecular weight is 460 g/mol. The highest BCUT2D eigenvalue weighted by Gasteiger charge is 2.74. The molecule has 1 aromatic rings. The Labute approximate surface area is 187 Å². The van der Waals surface area contributed by atoms with Gasteiger partial charge in [0.05, 0.1) is 35.1 Å². The predicted octanol–water partition coefficient (Wildman–Crippen LogP) is -2.50. The summed E-state index contributed by atoms with van der Waals surface area (Å²) < 4.78 is 0. The first-order valence-corrected chi connectivity index (χ1v) is 10.3. The number of ketones is 4. The van der Waals surface area contributed by atoms with Crippen molar-refractivity contribution in [2.75, 3.05) is 14.1 Å². The molecule has 3 aliphatic rings. The predicted molar refractivity (Wildman–Crippen MR) is 109 cm³/mol. The number of amides is 1. The third-order valence-electron chi connectivity index (χ3n) is 7.40. The highest BCUT2D eigenvalue weighted by atomic mass is 16.3. The standard InChI is InChI=1S/C22H24N2O9/c1-21(32)7-5-4-6-8(25)9(7)15(26)10-12(21)17(28)13-14(24(2)3)16(27)11(20(23)31)19(30)22(13,33)18(10)29/h4-6,10-14,17,25,28,32-33H,1-3H3,(H2,23,31)/t10?,11?,12?,13?,14?,17?,21-,22?/m1/s1. The van der Waals surface area contributed by atoms with Crippen molar-refractivity contribution in [1.82, 2.24) is 4.90 Å². The van der Waals surface area contributed by atoms with Crippen LogP contribution in [0.5, 0.6) is 5.75 Å². The number of rotatable bonds is 2. The van der Waals surface area contributed by atoms with E-state index in [0.717, 1.165) is 0 Å². The van der Waals surface area contributed by atoms with Crippen molar-refractivity contribution in [2.24, 2.45) is 29.4 Å². The SMILES string of the molecule is CN(C)C1C(=O)C(C(N)=O)C(=O)C2(O)C(=O)C3C(=O)c4c(O)cccc4[C@@](C)(O)C3C(O)C12. The Hall–Kier alpha value is -2.99. The lowest BCUT2D eigenvalue weighted by Crippen LogP contribution is -2.78. The van der Waals surface area contributed by atoms with Crippen LogP contribution in [0.1, 0.15) is 22.8 Å².